The molecule has 0 spiro atoms. The number of H-pyrrole nitrogens is 1. The highest BCUT2D eigenvalue weighted by molar-refractivity contribution is 5.61. The van der Waals surface area contributed by atoms with Gasteiger partial charge in [0.25, 0.3) is 5.56 Å². The summed E-state index contributed by atoms with van der Waals surface area (Å²) in [6.07, 6.45) is 0. The van der Waals surface area contributed by atoms with Crippen molar-refractivity contribution in [3.05, 3.63) is 51.3 Å². The van der Waals surface area contributed by atoms with E-state index in [4.69, 9.17) is 5.73 Å². The molecule has 1 aromatic heterocycles. The smallest absolute Gasteiger partial charge is 0.269 e. The van der Waals surface area contributed by atoms with E-state index in [9.17, 15) is 4.79 Å². The van der Waals surface area contributed by atoms with Crippen LogP contribution in [-0.4, -0.2) is 10.2 Å². The molecule has 0 saturated heterocycles. The van der Waals surface area contributed by atoms with Gasteiger partial charge in [-0.1, -0.05) is 12.1 Å². The van der Waals surface area contributed by atoms with E-state index in [1.165, 1.54) is 11.1 Å². The topological polar surface area (TPSA) is 71.8 Å². The molecule has 1 heterocycles. The molecule has 100 valence electrons. The van der Waals surface area contributed by atoms with Gasteiger partial charge in [0.05, 0.1) is 5.69 Å². The normalized spacial score (nSPS) is 11.6. The summed E-state index contributed by atoms with van der Waals surface area (Å²) < 4.78 is 0. The molecule has 0 saturated carbocycles. The van der Waals surface area contributed by atoms with E-state index < -0.39 is 5.54 Å². The minimum absolute atomic E-state index is 0.236. The summed E-state index contributed by atoms with van der Waals surface area (Å²) in [6, 6.07) is 7.87. The monoisotopic (exact) mass is 257 g/mol. The maximum Gasteiger partial charge on any atom is 0.269 e. The molecule has 3 N–H and O–H groups in total. The molecule has 1 aromatic carbocycles. The molecule has 0 bridgehead atoms. The van der Waals surface area contributed by atoms with Crippen molar-refractivity contribution in [2.75, 3.05) is 0 Å². The number of nitrogens with one attached hydrogen (secondary N) is 1. The molecule has 2 rings (SSSR count). The van der Waals surface area contributed by atoms with Crippen LogP contribution in [0.3, 0.4) is 0 Å². The van der Waals surface area contributed by atoms with Crippen LogP contribution >= 0.6 is 0 Å². The zero-order valence-corrected chi connectivity index (χ0v) is 11.7. The first-order valence-electron chi connectivity index (χ1n) is 6.26. The van der Waals surface area contributed by atoms with Crippen LogP contribution in [0.15, 0.2) is 29.1 Å². The predicted molar refractivity (Wildman–Crippen MR) is 77.0 cm³/mol. The average Bonchev–Trinajstić information content (AvgIpc) is 2.32. The standard InChI is InChI=1S/C15H19N3O/c1-9-5-6-11(7-10(9)2)13-8-12(15(3,4)16)14(19)18-17-13/h5-8H,16H2,1-4H3,(H,18,19). The Morgan fingerprint density at radius 2 is 1.84 bits per heavy atom. The third-order valence-corrected chi connectivity index (χ3v) is 3.30. The van der Waals surface area contributed by atoms with Crippen LogP contribution in [0.25, 0.3) is 11.3 Å². The Kier molecular flexibility index (Phi) is 3.28. The zero-order chi connectivity index (χ0) is 14.2. The highest BCUT2D eigenvalue weighted by Crippen LogP contribution is 2.22. The van der Waals surface area contributed by atoms with E-state index in [0.29, 0.717) is 5.56 Å². The van der Waals surface area contributed by atoms with Crippen LogP contribution in [0.4, 0.5) is 0 Å². The number of benzene rings is 1. The van der Waals surface area contributed by atoms with Gasteiger partial charge in [0.15, 0.2) is 0 Å². The summed E-state index contributed by atoms with van der Waals surface area (Å²) in [5.41, 5.74) is 9.76. The minimum atomic E-state index is -0.689. The van der Waals surface area contributed by atoms with Crippen LogP contribution in [0.5, 0.6) is 0 Å². The van der Waals surface area contributed by atoms with E-state index in [-0.39, 0.29) is 5.56 Å². The molecule has 4 nitrogen and oxygen atoms in total. The summed E-state index contributed by atoms with van der Waals surface area (Å²) in [6.45, 7) is 7.73. The first kappa shape index (κ1) is 13.5. The van der Waals surface area contributed by atoms with Crippen LogP contribution in [0, 0.1) is 13.8 Å². The second kappa shape index (κ2) is 4.63. The molecule has 0 atom stereocenters. The van der Waals surface area contributed by atoms with Crippen molar-refractivity contribution in [3.8, 4) is 11.3 Å². The van der Waals surface area contributed by atoms with Gasteiger partial charge in [0, 0.05) is 16.7 Å². The van der Waals surface area contributed by atoms with Crippen molar-refractivity contribution in [3.63, 3.8) is 0 Å². The second-order valence-electron chi connectivity index (χ2n) is 5.52. The molecule has 0 fully saturated rings. The molecule has 0 unspecified atom stereocenters. The van der Waals surface area contributed by atoms with E-state index in [1.54, 1.807) is 6.07 Å². The van der Waals surface area contributed by atoms with Crippen LogP contribution < -0.4 is 11.3 Å². The van der Waals surface area contributed by atoms with Gasteiger partial charge in [-0.2, -0.15) is 5.10 Å². The minimum Gasteiger partial charge on any atom is -0.322 e. The lowest BCUT2D eigenvalue weighted by Gasteiger charge is -2.18. The van der Waals surface area contributed by atoms with Gasteiger partial charge >= 0.3 is 0 Å². The Labute approximate surface area is 112 Å². The van der Waals surface area contributed by atoms with Gasteiger partial charge in [0.1, 0.15) is 0 Å². The van der Waals surface area contributed by atoms with Crippen molar-refractivity contribution < 1.29 is 0 Å². The Bertz CT molecular complexity index is 666. The van der Waals surface area contributed by atoms with Crippen LogP contribution in [-0.2, 0) is 5.54 Å². The molecule has 0 aliphatic carbocycles. The van der Waals surface area contributed by atoms with Crippen molar-refractivity contribution in [2.24, 2.45) is 5.73 Å². The molecule has 19 heavy (non-hydrogen) atoms. The lowest BCUT2D eigenvalue weighted by atomic mass is 9.95. The van der Waals surface area contributed by atoms with E-state index in [0.717, 1.165) is 11.3 Å². The first-order chi connectivity index (χ1) is 8.79. The fraction of sp³-hybridized carbons (Fsp3) is 0.333. The SMILES string of the molecule is Cc1ccc(-c2cc(C(C)(C)N)c(=O)[nH]n2)cc1C. The molecule has 0 radical (unpaired) electrons. The highest BCUT2D eigenvalue weighted by Gasteiger charge is 2.19. The van der Waals surface area contributed by atoms with Crippen molar-refractivity contribution in [1.82, 2.24) is 10.2 Å². The number of hydrogen-bond acceptors (Lipinski definition) is 3. The molecule has 0 aliphatic heterocycles. The van der Waals surface area contributed by atoms with Gasteiger partial charge < -0.3 is 5.73 Å². The fourth-order valence-electron chi connectivity index (χ4n) is 1.93. The quantitative estimate of drug-likeness (QED) is 0.866. The maximum absolute atomic E-state index is 11.8. The number of aryl methyl sites for hydroxylation is 2. The molecule has 0 amide bonds. The number of hydrogen-bond donors (Lipinski definition) is 2. The van der Waals surface area contributed by atoms with Crippen LogP contribution in [0.2, 0.25) is 0 Å². The molecule has 2 aromatic rings. The number of nitrogens with two attached hydrogens (primary N) is 1. The highest BCUT2D eigenvalue weighted by atomic mass is 16.1. The fourth-order valence-corrected chi connectivity index (χ4v) is 1.93. The van der Waals surface area contributed by atoms with E-state index in [2.05, 4.69) is 30.1 Å². The van der Waals surface area contributed by atoms with Gasteiger partial charge in [0.2, 0.25) is 0 Å². The number of rotatable bonds is 2. The molecule has 0 aliphatic rings. The maximum atomic E-state index is 11.8. The van der Waals surface area contributed by atoms with Gasteiger partial charge in [-0.3, -0.25) is 4.79 Å². The predicted octanol–water partition coefficient (Wildman–Crippen LogP) is 2.25. The lowest BCUT2D eigenvalue weighted by Crippen LogP contribution is -2.35. The Morgan fingerprint density at radius 3 is 2.42 bits per heavy atom. The van der Waals surface area contributed by atoms with Crippen LogP contribution in [0.1, 0.15) is 30.5 Å². The average molecular weight is 257 g/mol. The van der Waals surface area contributed by atoms with Crippen molar-refractivity contribution >= 4 is 0 Å². The third-order valence-electron chi connectivity index (χ3n) is 3.30. The largest absolute Gasteiger partial charge is 0.322 e. The molecule has 4 heteroatoms. The van der Waals surface area contributed by atoms with E-state index >= 15 is 0 Å². The molecular weight excluding hydrogens is 238 g/mol. The summed E-state index contributed by atoms with van der Waals surface area (Å²) >= 11 is 0. The second-order valence-corrected chi connectivity index (χ2v) is 5.52. The first-order valence-corrected chi connectivity index (χ1v) is 6.26. The van der Waals surface area contributed by atoms with Gasteiger partial charge in [-0.15, -0.1) is 0 Å². The Morgan fingerprint density at radius 1 is 1.16 bits per heavy atom. The Hall–Kier alpha value is -1.94. The summed E-state index contributed by atoms with van der Waals surface area (Å²) in [5.74, 6) is 0. The van der Waals surface area contributed by atoms with Gasteiger partial charge in [-0.25, -0.2) is 5.10 Å². The summed E-state index contributed by atoms with van der Waals surface area (Å²) in [7, 11) is 0. The zero-order valence-electron chi connectivity index (χ0n) is 11.7. The van der Waals surface area contributed by atoms with Crippen molar-refractivity contribution in [1.29, 1.82) is 0 Å². The Balaban J connectivity index is 2.58. The number of aromatic nitrogens is 2. The molecular formula is C15H19N3O. The van der Waals surface area contributed by atoms with Crippen molar-refractivity contribution in [2.45, 2.75) is 33.2 Å². The summed E-state index contributed by atoms with van der Waals surface area (Å²) in [5, 5.41) is 6.62. The third kappa shape index (κ3) is 2.74. The summed E-state index contributed by atoms with van der Waals surface area (Å²) in [4.78, 5) is 11.8. The number of aromatic amines is 1. The number of nitrogens with zero attached hydrogens (tertiary/aromatic N) is 1. The lowest BCUT2D eigenvalue weighted by molar-refractivity contribution is 0.544. The van der Waals surface area contributed by atoms with E-state index in [1.807, 2.05) is 26.0 Å². The van der Waals surface area contributed by atoms with Gasteiger partial charge in [-0.05, 0) is 51.0 Å².